The number of benzene rings is 1. The van der Waals surface area contributed by atoms with Gasteiger partial charge in [0.05, 0.1) is 12.8 Å². The second-order valence-electron chi connectivity index (χ2n) is 2.79. The Morgan fingerprint density at radius 1 is 1.50 bits per heavy atom. The number of fused-ring (bicyclic) bond motifs is 1. The average molecular weight is 188 g/mol. The summed E-state index contributed by atoms with van der Waals surface area (Å²) in [7, 11) is 1.54. The van der Waals surface area contributed by atoms with Crippen LogP contribution in [0.15, 0.2) is 22.6 Å². The molecule has 0 amide bonds. The molecule has 0 aliphatic carbocycles. The van der Waals surface area contributed by atoms with Crippen LogP contribution < -0.4 is 10.5 Å². The molecule has 70 valence electrons. The molecule has 0 spiro atoms. The van der Waals surface area contributed by atoms with Gasteiger partial charge in [0.15, 0.2) is 11.3 Å². The highest BCUT2D eigenvalue weighted by Crippen LogP contribution is 2.33. The number of hydrogen-bond acceptors (Lipinski definition) is 4. The van der Waals surface area contributed by atoms with Crippen molar-refractivity contribution in [3.8, 4) is 11.8 Å². The summed E-state index contributed by atoms with van der Waals surface area (Å²) in [5.41, 5.74) is 6.58. The minimum atomic E-state index is 0.129. The molecule has 0 unspecified atom stereocenters. The maximum atomic E-state index is 8.72. The summed E-state index contributed by atoms with van der Waals surface area (Å²) in [4.78, 5) is 0. The van der Waals surface area contributed by atoms with Gasteiger partial charge in [0.2, 0.25) is 5.76 Å². The predicted octanol–water partition coefficient (Wildman–Crippen LogP) is 1.90. The van der Waals surface area contributed by atoms with Crippen LogP contribution in [0, 0.1) is 11.3 Å². The van der Waals surface area contributed by atoms with E-state index in [1.165, 1.54) is 0 Å². The first-order valence-electron chi connectivity index (χ1n) is 4.03. The van der Waals surface area contributed by atoms with Crippen LogP contribution in [-0.4, -0.2) is 7.11 Å². The molecule has 14 heavy (non-hydrogen) atoms. The minimum Gasteiger partial charge on any atom is -0.493 e. The van der Waals surface area contributed by atoms with Crippen LogP contribution in [-0.2, 0) is 0 Å². The molecule has 2 rings (SSSR count). The van der Waals surface area contributed by atoms with Crippen LogP contribution in [0.4, 0.5) is 5.69 Å². The zero-order valence-corrected chi connectivity index (χ0v) is 7.57. The van der Waals surface area contributed by atoms with E-state index in [4.69, 9.17) is 20.1 Å². The van der Waals surface area contributed by atoms with E-state index in [2.05, 4.69) is 0 Å². The molecule has 4 heteroatoms. The maximum Gasteiger partial charge on any atom is 0.227 e. The second-order valence-corrected chi connectivity index (χ2v) is 2.79. The molecular weight excluding hydrogens is 180 g/mol. The van der Waals surface area contributed by atoms with E-state index >= 15 is 0 Å². The summed E-state index contributed by atoms with van der Waals surface area (Å²) < 4.78 is 10.3. The van der Waals surface area contributed by atoms with Crippen LogP contribution in [0.2, 0.25) is 0 Å². The van der Waals surface area contributed by atoms with Crippen LogP contribution in [0.3, 0.4) is 0 Å². The first kappa shape index (κ1) is 8.45. The molecule has 2 aromatic rings. The van der Waals surface area contributed by atoms with E-state index in [0.717, 1.165) is 0 Å². The summed E-state index contributed by atoms with van der Waals surface area (Å²) in [6.45, 7) is 0. The van der Waals surface area contributed by atoms with Crippen molar-refractivity contribution in [1.82, 2.24) is 0 Å². The lowest BCUT2D eigenvalue weighted by molar-refractivity contribution is 0.409. The van der Waals surface area contributed by atoms with Gasteiger partial charge in [-0.2, -0.15) is 5.26 Å². The third kappa shape index (κ3) is 0.995. The Bertz CT molecular complexity index is 523. The maximum absolute atomic E-state index is 8.72. The number of nitriles is 1. The molecule has 4 nitrogen and oxygen atoms in total. The summed E-state index contributed by atoms with van der Waals surface area (Å²) in [5.74, 6) is 0.709. The van der Waals surface area contributed by atoms with E-state index < -0.39 is 0 Å². The Morgan fingerprint density at radius 3 is 2.93 bits per heavy atom. The van der Waals surface area contributed by atoms with Crippen molar-refractivity contribution in [3.63, 3.8) is 0 Å². The van der Waals surface area contributed by atoms with Crippen LogP contribution in [0.25, 0.3) is 11.0 Å². The lowest BCUT2D eigenvalue weighted by Crippen LogP contribution is -1.85. The zero-order chi connectivity index (χ0) is 10.1. The Kier molecular flexibility index (Phi) is 1.79. The number of methoxy groups -OCH3 is 1. The smallest absolute Gasteiger partial charge is 0.227 e. The van der Waals surface area contributed by atoms with Gasteiger partial charge in [-0.05, 0) is 12.1 Å². The van der Waals surface area contributed by atoms with E-state index in [1.54, 1.807) is 25.3 Å². The number of para-hydroxylation sites is 1. The van der Waals surface area contributed by atoms with Crippen LogP contribution in [0.5, 0.6) is 5.75 Å². The fraction of sp³-hybridized carbons (Fsp3) is 0.100. The third-order valence-electron chi connectivity index (χ3n) is 2.04. The molecule has 2 N–H and O–H groups in total. The minimum absolute atomic E-state index is 0.129. The Balaban J connectivity index is 2.85. The predicted molar refractivity (Wildman–Crippen MR) is 51.9 cm³/mol. The molecule has 0 radical (unpaired) electrons. The fourth-order valence-electron chi connectivity index (χ4n) is 1.36. The summed E-state index contributed by atoms with van der Waals surface area (Å²) in [5, 5.41) is 9.43. The molecule has 0 saturated heterocycles. The number of nitrogen functional groups attached to an aromatic ring is 1. The Morgan fingerprint density at radius 2 is 2.29 bits per heavy atom. The van der Waals surface area contributed by atoms with Crippen molar-refractivity contribution < 1.29 is 9.15 Å². The number of hydrogen-bond donors (Lipinski definition) is 1. The normalized spacial score (nSPS) is 10.0. The number of nitrogens with zero attached hydrogens (tertiary/aromatic N) is 1. The molecule has 0 aliphatic heterocycles. The van der Waals surface area contributed by atoms with Gasteiger partial charge in [-0.1, -0.05) is 6.07 Å². The molecule has 0 bridgehead atoms. The molecule has 1 aromatic carbocycles. The van der Waals surface area contributed by atoms with Gasteiger partial charge in [-0.3, -0.25) is 0 Å². The molecule has 0 saturated carbocycles. The van der Waals surface area contributed by atoms with Crippen molar-refractivity contribution >= 4 is 16.7 Å². The number of anilines is 1. The molecule has 1 aromatic heterocycles. The van der Waals surface area contributed by atoms with Gasteiger partial charge in [0, 0.05) is 5.39 Å². The lowest BCUT2D eigenvalue weighted by atomic mass is 10.2. The van der Waals surface area contributed by atoms with Gasteiger partial charge >= 0.3 is 0 Å². The summed E-state index contributed by atoms with van der Waals surface area (Å²) in [6.07, 6.45) is 0. The van der Waals surface area contributed by atoms with Crippen molar-refractivity contribution in [2.45, 2.75) is 0 Å². The molecular formula is C10H8N2O2. The highest BCUT2D eigenvalue weighted by molar-refractivity contribution is 5.95. The Labute approximate surface area is 80.5 Å². The standard InChI is InChI=1S/C10H8N2O2/c1-13-7-4-2-3-6-9(12)8(5-11)14-10(6)7/h2-4H,12H2,1H3. The van der Waals surface area contributed by atoms with Crippen LogP contribution in [0.1, 0.15) is 5.76 Å². The van der Waals surface area contributed by atoms with Crippen LogP contribution >= 0.6 is 0 Å². The lowest BCUT2D eigenvalue weighted by Gasteiger charge is -1.98. The zero-order valence-electron chi connectivity index (χ0n) is 7.57. The first-order chi connectivity index (χ1) is 6.77. The molecule has 0 fully saturated rings. The number of furan rings is 1. The monoisotopic (exact) mass is 188 g/mol. The van der Waals surface area contributed by atoms with Crippen molar-refractivity contribution in [2.75, 3.05) is 12.8 Å². The molecule has 0 atom stereocenters. The topological polar surface area (TPSA) is 72.2 Å². The third-order valence-corrected chi connectivity index (χ3v) is 2.04. The van der Waals surface area contributed by atoms with Gasteiger partial charge < -0.3 is 14.9 Å². The first-order valence-corrected chi connectivity index (χ1v) is 4.03. The number of rotatable bonds is 1. The Hall–Kier alpha value is -2.15. The van der Waals surface area contributed by atoms with Crippen molar-refractivity contribution in [2.24, 2.45) is 0 Å². The van der Waals surface area contributed by atoms with E-state index in [9.17, 15) is 0 Å². The van der Waals surface area contributed by atoms with E-state index in [-0.39, 0.29) is 5.76 Å². The number of nitrogens with two attached hydrogens (primary N) is 1. The summed E-state index contributed by atoms with van der Waals surface area (Å²) >= 11 is 0. The van der Waals surface area contributed by atoms with Gasteiger partial charge in [-0.25, -0.2) is 0 Å². The van der Waals surface area contributed by atoms with E-state index in [1.807, 2.05) is 6.07 Å². The molecule has 1 heterocycles. The highest BCUT2D eigenvalue weighted by atomic mass is 16.5. The number of ether oxygens (including phenoxy) is 1. The highest BCUT2D eigenvalue weighted by Gasteiger charge is 2.13. The van der Waals surface area contributed by atoms with Crippen molar-refractivity contribution in [1.29, 1.82) is 5.26 Å². The van der Waals surface area contributed by atoms with Crippen molar-refractivity contribution in [3.05, 3.63) is 24.0 Å². The average Bonchev–Trinajstić information content (AvgIpc) is 2.55. The SMILES string of the molecule is COc1cccc2c(N)c(C#N)oc12. The summed E-state index contributed by atoms with van der Waals surface area (Å²) in [6, 6.07) is 7.23. The largest absolute Gasteiger partial charge is 0.493 e. The van der Waals surface area contributed by atoms with E-state index in [0.29, 0.717) is 22.4 Å². The quantitative estimate of drug-likeness (QED) is 0.741. The van der Waals surface area contributed by atoms with Gasteiger partial charge in [0.25, 0.3) is 0 Å². The van der Waals surface area contributed by atoms with Gasteiger partial charge in [-0.15, -0.1) is 0 Å². The van der Waals surface area contributed by atoms with Gasteiger partial charge in [0.1, 0.15) is 6.07 Å². The fourth-order valence-corrected chi connectivity index (χ4v) is 1.36. The molecule has 0 aliphatic rings. The second kappa shape index (κ2) is 2.96.